The topological polar surface area (TPSA) is 99.3 Å². The predicted molar refractivity (Wildman–Crippen MR) is 56.6 cm³/mol. The van der Waals surface area contributed by atoms with E-state index in [0.717, 1.165) is 12.8 Å². The first-order chi connectivity index (χ1) is 8.10. The second-order valence-corrected chi connectivity index (χ2v) is 3.82. The Balaban J connectivity index is 2.04. The minimum Gasteiger partial charge on any atom is -0.475 e. The van der Waals surface area contributed by atoms with Gasteiger partial charge in [-0.1, -0.05) is 0 Å². The van der Waals surface area contributed by atoms with Crippen molar-refractivity contribution in [3.05, 3.63) is 16.3 Å². The number of aromatic nitrogens is 2. The van der Waals surface area contributed by atoms with E-state index >= 15 is 0 Å². The Hall–Kier alpha value is -2.12. The molecule has 1 aromatic rings. The number of ether oxygens (including phenoxy) is 1. The van der Waals surface area contributed by atoms with Crippen LogP contribution in [0, 0.1) is 10.1 Å². The first-order valence-electron chi connectivity index (χ1n) is 5.15. The highest BCUT2D eigenvalue weighted by Crippen LogP contribution is 2.24. The van der Waals surface area contributed by atoms with Crippen LogP contribution in [0.2, 0.25) is 0 Å². The molecule has 1 amide bonds. The molecule has 1 aromatic heterocycles. The van der Waals surface area contributed by atoms with Crippen LogP contribution in [0.1, 0.15) is 12.8 Å². The van der Waals surface area contributed by atoms with Gasteiger partial charge in [-0.3, -0.25) is 19.6 Å². The number of amides is 1. The quantitative estimate of drug-likeness (QED) is 0.580. The second-order valence-electron chi connectivity index (χ2n) is 3.82. The Morgan fingerprint density at radius 1 is 1.76 bits per heavy atom. The molecule has 1 fully saturated rings. The van der Waals surface area contributed by atoms with E-state index in [4.69, 9.17) is 4.74 Å². The van der Waals surface area contributed by atoms with Crippen molar-refractivity contribution in [1.29, 1.82) is 0 Å². The van der Waals surface area contributed by atoms with Crippen molar-refractivity contribution in [3.8, 4) is 5.88 Å². The van der Waals surface area contributed by atoms with E-state index in [0.29, 0.717) is 0 Å². The summed E-state index contributed by atoms with van der Waals surface area (Å²) in [5.74, 6) is -0.290. The number of hydrogen-bond donors (Lipinski definition) is 1. The zero-order valence-corrected chi connectivity index (χ0v) is 9.25. The van der Waals surface area contributed by atoms with Crippen LogP contribution < -0.4 is 10.1 Å². The molecule has 1 N–H and O–H groups in total. The smallest absolute Gasteiger partial charge is 0.350 e. The molecule has 8 nitrogen and oxygen atoms in total. The van der Waals surface area contributed by atoms with Gasteiger partial charge in [0, 0.05) is 6.04 Å². The number of nitro groups is 1. The third-order valence-corrected chi connectivity index (χ3v) is 2.35. The average Bonchev–Trinajstić information content (AvgIpc) is 2.96. The maximum absolute atomic E-state index is 11.5. The SMILES string of the molecule is COc1nn(CC(=O)NC2CC2)cc1[N+](=O)[O-]. The highest BCUT2D eigenvalue weighted by Gasteiger charge is 2.25. The summed E-state index contributed by atoms with van der Waals surface area (Å²) >= 11 is 0. The van der Waals surface area contributed by atoms with E-state index in [1.807, 2.05) is 0 Å². The zero-order valence-electron chi connectivity index (χ0n) is 9.25. The lowest BCUT2D eigenvalue weighted by molar-refractivity contribution is -0.385. The molecular weight excluding hydrogens is 228 g/mol. The Labute approximate surface area is 96.7 Å². The zero-order chi connectivity index (χ0) is 12.4. The number of methoxy groups -OCH3 is 1. The van der Waals surface area contributed by atoms with Crippen molar-refractivity contribution >= 4 is 11.6 Å². The minimum absolute atomic E-state index is 0.0410. The summed E-state index contributed by atoms with van der Waals surface area (Å²) in [7, 11) is 1.30. The predicted octanol–water partition coefficient (Wildman–Crippen LogP) is 0.0785. The lowest BCUT2D eigenvalue weighted by Crippen LogP contribution is -2.29. The van der Waals surface area contributed by atoms with E-state index in [2.05, 4.69) is 10.4 Å². The highest BCUT2D eigenvalue weighted by molar-refractivity contribution is 5.76. The third-order valence-electron chi connectivity index (χ3n) is 2.35. The van der Waals surface area contributed by atoms with Crippen molar-refractivity contribution in [2.45, 2.75) is 25.4 Å². The van der Waals surface area contributed by atoms with Crippen molar-refractivity contribution in [1.82, 2.24) is 15.1 Å². The minimum atomic E-state index is -0.596. The van der Waals surface area contributed by atoms with Gasteiger partial charge in [-0.25, -0.2) is 0 Å². The van der Waals surface area contributed by atoms with Crippen LogP contribution in [0.3, 0.4) is 0 Å². The van der Waals surface area contributed by atoms with Crippen molar-refractivity contribution in [2.24, 2.45) is 0 Å². The van der Waals surface area contributed by atoms with Crippen LogP contribution in [0.4, 0.5) is 5.69 Å². The molecule has 0 spiro atoms. The largest absolute Gasteiger partial charge is 0.475 e. The first kappa shape index (κ1) is 11.4. The Kier molecular flexibility index (Phi) is 2.94. The molecule has 8 heteroatoms. The van der Waals surface area contributed by atoms with Gasteiger partial charge in [-0.15, -0.1) is 5.10 Å². The fourth-order valence-electron chi connectivity index (χ4n) is 1.39. The number of hydrogen-bond acceptors (Lipinski definition) is 5. The van der Waals surface area contributed by atoms with Crippen LogP contribution in [0.15, 0.2) is 6.20 Å². The summed E-state index contributed by atoms with van der Waals surface area (Å²) < 4.78 is 5.96. The molecule has 0 bridgehead atoms. The maximum Gasteiger partial charge on any atom is 0.350 e. The number of carbonyl (C=O) groups is 1. The molecule has 1 aliphatic carbocycles. The molecule has 1 heterocycles. The Bertz CT molecular complexity index is 452. The molecule has 0 unspecified atom stereocenters. The molecular formula is C9H12N4O4. The fourth-order valence-corrected chi connectivity index (χ4v) is 1.39. The Morgan fingerprint density at radius 2 is 2.47 bits per heavy atom. The van der Waals surface area contributed by atoms with Gasteiger partial charge >= 0.3 is 11.6 Å². The first-order valence-corrected chi connectivity index (χ1v) is 5.15. The second kappa shape index (κ2) is 4.40. The lowest BCUT2D eigenvalue weighted by atomic mass is 10.5. The molecule has 2 rings (SSSR count). The molecule has 1 saturated carbocycles. The molecule has 0 saturated heterocycles. The van der Waals surface area contributed by atoms with Gasteiger partial charge in [0.05, 0.1) is 12.0 Å². The van der Waals surface area contributed by atoms with Crippen molar-refractivity contribution in [2.75, 3.05) is 7.11 Å². The number of nitrogens with one attached hydrogen (secondary N) is 1. The fraction of sp³-hybridized carbons (Fsp3) is 0.556. The van der Waals surface area contributed by atoms with Crippen LogP contribution in [0.25, 0.3) is 0 Å². The summed E-state index contributed by atoms with van der Waals surface area (Å²) in [5, 5.41) is 17.2. The standard InChI is InChI=1S/C9H12N4O4/c1-17-9-7(13(15)16)4-12(11-9)5-8(14)10-6-2-3-6/h4,6H,2-3,5H2,1H3,(H,10,14). The summed E-state index contributed by atoms with van der Waals surface area (Å²) in [6.45, 7) is -0.0410. The molecule has 1 aliphatic rings. The van der Waals surface area contributed by atoms with Crippen LogP contribution >= 0.6 is 0 Å². The summed E-state index contributed by atoms with van der Waals surface area (Å²) in [6, 6.07) is 0.259. The van der Waals surface area contributed by atoms with Gasteiger partial charge in [0.25, 0.3) is 0 Å². The number of rotatable bonds is 5. The van der Waals surface area contributed by atoms with Crippen LogP contribution in [0.5, 0.6) is 5.88 Å². The third kappa shape index (κ3) is 2.71. The molecule has 0 aromatic carbocycles. The Morgan fingerprint density at radius 3 is 2.94 bits per heavy atom. The van der Waals surface area contributed by atoms with Crippen LogP contribution in [-0.4, -0.2) is 33.8 Å². The summed E-state index contributed by atoms with van der Waals surface area (Å²) in [6.07, 6.45) is 3.17. The number of nitrogens with zero attached hydrogens (tertiary/aromatic N) is 3. The van der Waals surface area contributed by atoms with E-state index < -0.39 is 4.92 Å². The van der Waals surface area contributed by atoms with E-state index in [9.17, 15) is 14.9 Å². The molecule has 0 radical (unpaired) electrons. The monoisotopic (exact) mass is 240 g/mol. The summed E-state index contributed by atoms with van der Waals surface area (Å²) in [4.78, 5) is 21.5. The van der Waals surface area contributed by atoms with Gasteiger partial charge in [0.1, 0.15) is 12.7 Å². The van der Waals surface area contributed by atoms with Crippen LogP contribution in [-0.2, 0) is 11.3 Å². The molecule has 0 aliphatic heterocycles. The van der Waals surface area contributed by atoms with Crippen molar-refractivity contribution in [3.63, 3.8) is 0 Å². The molecule has 0 atom stereocenters. The number of carbonyl (C=O) groups excluding carboxylic acids is 1. The van der Waals surface area contributed by atoms with Gasteiger partial charge in [0.2, 0.25) is 5.91 Å². The normalized spacial score (nSPS) is 14.4. The van der Waals surface area contributed by atoms with Gasteiger partial charge in [0.15, 0.2) is 0 Å². The highest BCUT2D eigenvalue weighted by atomic mass is 16.6. The lowest BCUT2D eigenvalue weighted by Gasteiger charge is -2.01. The average molecular weight is 240 g/mol. The molecule has 92 valence electrons. The molecule has 17 heavy (non-hydrogen) atoms. The van der Waals surface area contributed by atoms with E-state index in [1.54, 1.807) is 0 Å². The van der Waals surface area contributed by atoms with Gasteiger partial charge < -0.3 is 10.1 Å². The van der Waals surface area contributed by atoms with Gasteiger partial charge in [-0.2, -0.15) is 0 Å². The van der Waals surface area contributed by atoms with Crippen molar-refractivity contribution < 1.29 is 14.5 Å². The maximum atomic E-state index is 11.5. The summed E-state index contributed by atoms with van der Waals surface area (Å²) in [5.41, 5.74) is -0.244. The van der Waals surface area contributed by atoms with Gasteiger partial charge in [-0.05, 0) is 12.8 Å². The van der Waals surface area contributed by atoms with E-state index in [1.165, 1.54) is 18.0 Å². The van der Waals surface area contributed by atoms with E-state index in [-0.39, 0.29) is 30.1 Å².